The highest BCUT2D eigenvalue weighted by Crippen LogP contribution is 2.14. The van der Waals surface area contributed by atoms with Crippen molar-refractivity contribution in [1.82, 2.24) is 4.98 Å². The molecule has 0 spiro atoms. The van der Waals surface area contributed by atoms with E-state index in [0.29, 0.717) is 12.0 Å². The summed E-state index contributed by atoms with van der Waals surface area (Å²) in [6.45, 7) is 3.51. The van der Waals surface area contributed by atoms with Crippen LogP contribution in [0.15, 0.2) is 31.0 Å². The Morgan fingerprint density at radius 3 is 3.08 bits per heavy atom. The number of nitro groups is 1. The quantitative estimate of drug-likeness (QED) is 0.388. The second-order valence-corrected chi connectivity index (χ2v) is 2.24. The SMILES string of the molecule is C=CCc1cccnc1[N+](=O)[O-]. The zero-order valence-electron chi connectivity index (χ0n) is 6.43. The van der Waals surface area contributed by atoms with Gasteiger partial charge in [0.15, 0.2) is 0 Å². The molecule has 1 aromatic heterocycles. The standard InChI is InChI=1S/C8H8N2O2/c1-2-4-7-5-3-6-9-8(7)10(11)12/h2-3,5-6H,1,4H2. The van der Waals surface area contributed by atoms with Gasteiger partial charge < -0.3 is 10.1 Å². The summed E-state index contributed by atoms with van der Waals surface area (Å²) < 4.78 is 0. The molecule has 0 saturated carbocycles. The highest BCUT2D eigenvalue weighted by atomic mass is 16.6. The minimum atomic E-state index is -0.487. The maximum Gasteiger partial charge on any atom is 0.366 e. The third kappa shape index (κ3) is 1.66. The van der Waals surface area contributed by atoms with Crippen molar-refractivity contribution in [2.24, 2.45) is 0 Å². The molecule has 0 bridgehead atoms. The molecule has 0 fully saturated rings. The number of hydrogen-bond acceptors (Lipinski definition) is 3. The maximum atomic E-state index is 10.4. The van der Waals surface area contributed by atoms with Crippen molar-refractivity contribution in [2.75, 3.05) is 0 Å². The summed E-state index contributed by atoms with van der Waals surface area (Å²) in [4.78, 5) is 13.6. The van der Waals surface area contributed by atoms with Crippen molar-refractivity contribution in [3.05, 3.63) is 46.7 Å². The molecule has 12 heavy (non-hydrogen) atoms. The molecule has 0 aliphatic rings. The summed E-state index contributed by atoms with van der Waals surface area (Å²) in [7, 11) is 0. The van der Waals surface area contributed by atoms with E-state index in [-0.39, 0.29) is 5.82 Å². The normalized spacial score (nSPS) is 9.33. The maximum absolute atomic E-state index is 10.4. The van der Waals surface area contributed by atoms with Gasteiger partial charge in [0.2, 0.25) is 0 Å². The molecule has 0 atom stereocenters. The summed E-state index contributed by atoms with van der Waals surface area (Å²) in [6, 6.07) is 3.35. The smallest absolute Gasteiger partial charge is 0.358 e. The van der Waals surface area contributed by atoms with Crippen molar-refractivity contribution in [2.45, 2.75) is 6.42 Å². The van der Waals surface area contributed by atoms with E-state index >= 15 is 0 Å². The summed E-state index contributed by atoms with van der Waals surface area (Å²) >= 11 is 0. The Morgan fingerprint density at radius 1 is 1.75 bits per heavy atom. The summed E-state index contributed by atoms with van der Waals surface area (Å²) in [5, 5.41) is 10.4. The number of pyridine rings is 1. The number of nitrogens with zero attached hydrogens (tertiary/aromatic N) is 2. The van der Waals surface area contributed by atoms with Gasteiger partial charge in [-0.1, -0.05) is 6.08 Å². The highest BCUT2D eigenvalue weighted by molar-refractivity contribution is 5.32. The zero-order chi connectivity index (χ0) is 8.97. The Morgan fingerprint density at radius 2 is 2.50 bits per heavy atom. The summed E-state index contributed by atoms with van der Waals surface area (Å²) in [5.41, 5.74) is 0.595. The minimum Gasteiger partial charge on any atom is -0.358 e. The fraction of sp³-hybridized carbons (Fsp3) is 0.125. The lowest BCUT2D eigenvalue weighted by atomic mass is 10.2. The van der Waals surface area contributed by atoms with Crippen LogP contribution in [-0.4, -0.2) is 9.91 Å². The second-order valence-electron chi connectivity index (χ2n) is 2.24. The van der Waals surface area contributed by atoms with Crippen molar-refractivity contribution >= 4 is 5.82 Å². The van der Waals surface area contributed by atoms with Gasteiger partial charge in [0.05, 0.1) is 5.56 Å². The Balaban J connectivity index is 3.07. The van der Waals surface area contributed by atoms with E-state index in [2.05, 4.69) is 11.6 Å². The lowest BCUT2D eigenvalue weighted by molar-refractivity contribution is -0.390. The van der Waals surface area contributed by atoms with E-state index in [1.807, 2.05) is 0 Å². The van der Waals surface area contributed by atoms with Gasteiger partial charge in [-0.25, -0.2) is 0 Å². The van der Waals surface area contributed by atoms with Crippen molar-refractivity contribution in [1.29, 1.82) is 0 Å². The van der Waals surface area contributed by atoms with Crippen molar-refractivity contribution in [3.63, 3.8) is 0 Å². The van der Waals surface area contributed by atoms with Gasteiger partial charge in [-0.15, -0.1) is 6.58 Å². The van der Waals surface area contributed by atoms with Gasteiger partial charge in [0.1, 0.15) is 6.20 Å². The van der Waals surface area contributed by atoms with E-state index in [4.69, 9.17) is 0 Å². The van der Waals surface area contributed by atoms with Crippen LogP contribution in [0.5, 0.6) is 0 Å². The number of aromatic nitrogens is 1. The molecule has 0 radical (unpaired) electrons. The van der Waals surface area contributed by atoms with Crippen LogP contribution in [0.3, 0.4) is 0 Å². The van der Waals surface area contributed by atoms with Crippen LogP contribution in [0.1, 0.15) is 5.56 Å². The Hall–Kier alpha value is -1.71. The monoisotopic (exact) mass is 164 g/mol. The third-order valence-electron chi connectivity index (χ3n) is 1.40. The van der Waals surface area contributed by atoms with E-state index in [9.17, 15) is 10.1 Å². The molecular weight excluding hydrogens is 156 g/mol. The molecule has 0 N–H and O–H groups in total. The third-order valence-corrected chi connectivity index (χ3v) is 1.40. The zero-order valence-corrected chi connectivity index (χ0v) is 6.43. The number of allylic oxidation sites excluding steroid dienone is 1. The molecule has 0 saturated heterocycles. The molecule has 1 aromatic rings. The van der Waals surface area contributed by atoms with Crippen LogP contribution in [0.2, 0.25) is 0 Å². The first kappa shape index (κ1) is 8.39. The van der Waals surface area contributed by atoms with Crippen LogP contribution >= 0.6 is 0 Å². The largest absolute Gasteiger partial charge is 0.366 e. The summed E-state index contributed by atoms with van der Waals surface area (Å²) in [5.74, 6) is -0.0857. The molecule has 1 rings (SSSR count). The van der Waals surface area contributed by atoms with Crippen LogP contribution in [0.25, 0.3) is 0 Å². The lowest BCUT2D eigenvalue weighted by Gasteiger charge is -1.96. The average molecular weight is 164 g/mol. The van der Waals surface area contributed by atoms with Gasteiger partial charge in [0, 0.05) is 0 Å². The molecule has 62 valence electrons. The minimum absolute atomic E-state index is 0.0857. The van der Waals surface area contributed by atoms with E-state index in [1.165, 1.54) is 6.20 Å². The first-order valence-corrected chi connectivity index (χ1v) is 3.45. The fourth-order valence-electron chi connectivity index (χ4n) is 0.909. The average Bonchev–Trinajstić information content (AvgIpc) is 2.05. The van der Waals surface area contributed by atoms with E-state index in [0.717, 1.165) is 0 Å². The van der Waals surface area contributed by atoms with Gasteiger partial charge in [-0.05, 0) is 28.5 Å². The summed E-state index contributed by atoms with van der Waals surface area (Å²) in [6.07, 6.45) is 3.50. The van der Waals surface area contributed by atoms with Gasteiger partial charge >= 0.3 is 5.82 Å². The van der Waals surface area contributed by atoms with Crippen LogP contribution in [0, 0.1) is 10.1 Å². The first-order valence-electron chi connectivity index (χ1n) is 3.45. The second kappa shape index (κ2) is 3.61. The van der Waals surface area contributed by atoms with Gasteiger partial charge in [-0.3, -0.25) is 0 Å². The van der Waals surface area contributed by atoms with E-state index in [1.54, 1.807) is 18.2 Å². The molecule has 0 aliphatic heterocycles. The molecule has 1 heterocycles. The number of rotatable bonds is 3. The van der Waals surface area contributed by atoms with Crippen LogP contribution in [-0.2, 0) is 6.42 Å². The highest BCUT2D eigenvalue weighted by Gasteiger charge is 2.11. The van der Waals surface area contributed by atoms with Crippen LogP contribution < -0.4 is 0 Å². The van der Waals surface area contributed by atoms with Gasteiger partial charge in [0.25, 0.3) is 0 Å². The molecule has 0 aliphatic carbocycles. The predicted octanol–water partition coefficient (Wildman–Crippen LogP) is 1.72. The Kier molecular flexibility index (Phi) is 2.53. The molecule has 0 amide bonds. The molecule has 0 unspecified atom stereocenters. The predicted molar refractivity (Wildman–Crippen MR) is 44.8 cm³/mol. The molecule has 0 aromatic carbocycles. The van der Waals surface area contributed by atoms with E-state index < -0.39 is 4.92 Å². The number of hydrogen-bond donors (Lipinski definition) is 0. The fourth-order valence-corrected chi connectivity index (χ4v) is 0.909. The van der Waals surface area contributed by atoms with Gasteiger partial charge in [-0.2, -0.15) is 0 Å². The van der Waals surface area contributed by atoms with Crippen molar-refractivity contribution < 1.29 is 4.92 Å². The lowest BCUT2D eigenvalue weighted by Crippen LogP contribution is -1.96. The van der Waals surface area contributed by atoms with Crippen molar-refractivity contribution in [3.8, 4) is 0 Å². The Labute approximate surface area is 69.7 Å². The topological polar surface area (TPSA) is 56.0 Å². The first-order chi connectivity index (χ1) is 5.75. The Bertz CT molecular complexity index is 310. The molecule has 4 heteroatoms. The molecular formula is C8H8N2O2. The van der Waals surface area contributed by atoms with Crippen LogP contribution in [0.4, 0.5) is 5.82 Å². The molecule has 4 nitrogen and oxygen atoms in total.